The van der Waals surface area contributed by atoms with E-state index in [4.69, 9.17) is 9.98 Å². The van der Waals surface area contributed by atoms with Crippen LogP contribution in [0.5, 0.6) is 0 Å². The number of rotatable bonds is 3. The molecule has 0 fully saturated rings. The lowest BCUT2D eigenvalue weighted by atomic mass is 10.0. The average molecular weight is 616 g/mol. The van der Waals surface area contributed by atoms with Crippen LogP contribution >= 0.6 is 0 Å². The highest BCUT2D eigenvalue weighted by molar-refractivity contribution is 6.29. The van der Waals surface area contributed by atoms with E-state index in [1.165, 1.54) is 43.4 Å². The summed E-state index contributed by atoms with van der Waals surface area (Å²) in [7, 11) is 0. The summed E-state index contributed by atoms with van der Waals surface area (Å²) in [6.07, 6.45) is -0.296. The van der Waals surface area contributed by atoms with Crippen molar-refractivity contribution in [1.29, 1.82) is 0 Å². The van der Waals surface area contributed by atoms with Crippen LogP contribution in [0.4, 0.5) is 0 Å². The Bertz CT molecular complexity index is 2740. The molecule has 0 radical (unpaired) electrons. The van der Waals surface area contributed by atoms with Gasteiger partial charge in [0.2, 0.25) is 5.96 Å². The molecule has 1 atom stereocenters. The molecule has 5 heteroatoms. The first-order chi connectivity index (χ1) is 23.8. The summed E-state index contributed by atoms with van der Waals surface area (Å²) < 4.78 is 4.65. The summed E-state index contributed by atoms with van der Waals surface area (Å²) in [5.74, 6) is 1.46. The SMILES string of the molecule is c1ccc(C2=NC(n3c4ccccc4c4ccc5c(ccc6c5c5ccccc5n6-c5ccccc5)c43)=NC(c3ccccc3)N2)cc1. The molecular formula is C43H29N5. The Morgan fingerprint density at radius 3 is 1.81 bits per heavy atom. The molecule has 1 aliphatic rings. The van der Waals surface area contributed by atoms with Gasteiger partial charge in [0.15, 0.2) is 0 Å². The van der Waals surface area contributed by atoms with Gasteiger partial charge in [-0.25, -0.2) is 4.99 Å². The summed E-state index contributed by atoms with van der Waals surface area (Å²) in [6.45, 7) is 0. The maximum absolute atomic E-state index is 5.31. The van der Waals surface area contributed by atoms with Gasteiger partial charge in [-0.15, -0.1) is 0 Å². The quantitative estimate of drug-likeness (QED) is 0.211. The van der Waals surface area contributed by atoms with Gasteiger partial charge in [0.05, 0.1) is 22.1 Å². The second-order valence-electron chi connectivity index (χ2n) is 12.3. The van der Waals surface area contributed by atoms with Crippen molar-refractivity contribution in [2.75, 3.05) is 0 Å². The number of nitrogens with one attached hydrogen (secondary N) is 1. The van der Waals surface area contributed by atoms with E-state index in [9.17, 15) is 0 Å². The number of hydrogen-bond donors (Lipinski definition) is 1. The number of nitrogens with zero attached hydrogens (tertiary/aromatic N) is 4. The van der Waals surface area contributed by atoms with Crippen molar-refractivity contribution < 1.29 is 0 Å². The van der Waals surface area contributed by atoms with E-state index in [-0.39, 0.29) is 6.17 Å². The van der Waals surface area contributed by atoms with E-state index < -0.39 is 0 Å². The standard InChI is InChI=1S/C43H29N5/c1-4-14-28(15-5-1)41-44-42(29-16-6-2-7-17-29)46-43(45-41)48-36-22-12-10-20-31(36)33-25-24-32-34(40(33)48)26-27-38-39(32)35-21-11-13-23-37(35)47(38)30-18-8-3-9-19-30/h1-27,41H,(H,44,45,46). The number of aromatic nitrogens is 2. The third-order valence-electron chi connectivity index (χ3n) is 9.57. The lowest BCUT2D eigenvalue weighted by Crippen LogP contribution is -2.35. The molecule has 0 saturated heterocycles. The van der Waals surface area contributed by atoms with Crippen LogP contribution in [-0.4, -0.2) is 20.9 Å². The largest absolute Gasteiger partial charge is 0.344 e. The predicted octanol–water partition coefficient (Wildman–Crippen LogP) is 10.00. The first-order valence-electron chi connectivity index (χ1n) is 16.3. The maximum Gasteiger partial charge on any atom is 0.234 e. The number of amidine groups is 1. The van der Waals surface area contributed by atoms with E-state index >= 15 is 0 Å². The molecular weight excluding hydrogens is 587 g/mol. The zero-order valence-corrected chi connectivity index (χ0v) is 26.0. The smallest absolute Gasteiger partial charge is 0.234 e. The highest BCUT2D eigenvalue weighted by atomic mass is 15.3. The molecule has 10 rings (SSSR count). The minimum Gasteiger partial charge on any atom is -0.344 e. The Hall–Kier alpha value is -6.46. The van der Waals surface area contributed by atoms with Crippen LogP contribution in [0, 0.1) is 0 Å². The third-order valence-corrected chi connectivity index (χ3v) is 9.57. The maximum atomic E-state index is 5.31. The van der Waals surface area contributed by atoms with Crippen molar-refractivity contribution >= 4 is 66.2 Å². The van der Waals surface area contributed by atoms with Gasteiger partial charge >= 0.3 is 0 Å². The number of hydrogen-bond acceptors (Lipinski definition) is 3. The van der Waals surface area contributed by atoms with Crippen LogP contribution in [0.15, 0.2) is 174 Å². The zero-order chi connectivity index (χ0) is 31.6. The molecule has 7 aromatic carbocycles. The molecule has 0 bridgehead atoms. The number of aliphatic imine (C=N–C) groups is 2. The van der Waals surface area contributed by atoms with E-state index in [1.807, 2.05) is 24.3 Å². The van der Waals surface area contributed by atoms with Gasteiger partial charge in [-0.05, 0) is 41.3 Å². The highest BCUT2D eigenvalue weighted by Gasteiger charge is 2.25. The molecule has 1 unspecified atom stereocenters. The van der Waals surface area contributed by atoms with Crippen molar-refractivity contribution in [3.8, 4) is 5.69 Å². The lowest BCUT2D eigenvalue weighted by molar-refractivity contribution is 0.668. The molecule has 226 valence electrons. The van der Waals surface area contributed by atoms with Crippen molar-refractivity contribution in [1.82, 2.24) is 14.5 Å². The number of benzene rings is 7. The fourth-order valence-corrected chi connectivity index (χ4v) is 7.48. The first-order valence-corrected chi connectivity index (χ1v) is 16.3. The van der Waals surface area contributed by atoms with Gasteiger partial charge in [-0.3, -0.25) is 4.57 Å². The van der Waals surface area contributed by atoms with Crippen LogP contribution in [0.3, 0.4) is 0 Å². The average Bonchev–Trinajstić information content (AvgIpc) is 3.69. The van der Waals surface area contributed by atoms with Gasteiger partial charge in [-0.1, -0.05) is 133 Å². The second kappa shape index (κ2) is 10.5. The fraction of sp³-hybridized carbons (Fsp3) is 0.0233. The molecule has 48 heavy (non-hydrogen) atoms. The Balaban J connectivity index is 1.31. The lowest BCUT2D eigenvalue weighted by Gasteiger charge is -2.24. The Kier molecular flexibility index (Phi) is 5.87. The molecule has 1 N–H and O–H groups in total. The van der Waals surface area contributed by atoms with E-state index in [0.717, 1.165) is 33.7 Å². The Labute approximate surface area is 276 Å². The fourth-order valence-electron chi connectivity index (χ4n) is 7.48. The van der Waals surface area contributed by atoms with Crippen molar-refractivity contribution in [3.63, 3.8) is 0 Å². The summed E-state index contributed by atoms with van der Waals surface area (Å²) in [5.41, 5.74) is 7.82. The normalized spacial score (nSPS) is 14.9. The van der Waals surface area contributed by atoms with Crippen LogP contribution in [0.1, 0.15) is 17.3 Å². The predicted molar refractivity (Wildman–Crippen MR) is 199 cm³/mol. The van der Waals surface area contributed by atoms with E-state index in [2.05, 4.69) is 154 Å². The highest BCUT2D eigenvalue weighted by Crippen LogP contribution is 2.41. The van der Waals surface area contributed by atoms with Crippen LogP contribution < -0.4 is 5.32 Å². The van der Waals surface area contributed by atoms with Crippen LogP contribution in [0.2, 0.25) is 0 Å². The van der Waals surface area contributed by atoms with Crippen molar-refractivity contribution in [3.05, 3.63) is 175 Å². The molecule has 0 spiro atoms. The molecule has 0 aliphatic carbocycles. The van der Waals surface area contributed by atoms with Crippen LogP contribution in [0.25, 0.3) is 60.1 Å². The number of para-hydroxylation sites is 3. The van der Waals surface area contributed by atoms with Crippen LogP contribution in [-0.2, 0) is 0 Å². The third kappa shape index (κ3) is 3.98. The summed E-state index contributed by atoms with van der Waals surface area (Å²) in [5, 5.41) is 10.8. The van der Waals surface area contributed by atoms with E-state index in [1.54, 1.807) is 0 Å². The molecule has 0 saturated carbocycles. The monoisotopic (exact) mass is 615 g/mol. The molecule has 3 heterocycles. The number of fused-ring (bicyclic) bond motifs is 9. The second-order valence-corrected chi connectivity index (χ2v) is 12.3. The summed E-state index contributed by atoms with van der Waals surface area (Å²) in [4.78, 5) is 10.6. The summed E-state index contributed by atoms with van der Waals surface area (Å²) >= 11 is 0. The zero-order valence-electron chi connectivity index (χ0n) is 26.0. The molecule has 1 aliphatic heterocycles. The minimum atomic E-state index is -0.296. The van der Waals surface area contributed by atoms with Gasteiger partial charge in [-0.2, -0.15) is 4.99 Å². The topological polar surface area (TPSA) is 46.6 Å². The van der Waals surface area contributed by atoms with Gasteiger partial charge in [0.25, 0.3) is 0 Å². The molecule has 5 nitrogen and oxygen atoms in total. The Morgan fingerprint density at radius 1 is 0.458 bits per heavy atom. The van der Waals surface area contributed by atoms with Gasteiger partial charge in [0.1, 0.15) is 12.0 Å². The van der Waals surface area contributed by atoms with E-state index in [0.29, 0.717) is 5.96 Å². The molecule has 2 aromatic heterocycles. The Morgan fingerprint density at radius 2 is 1.04 bits per heavy atom. The molecule has 0 amide bonds. The van der Waals surface area contributed by atoms with Gasteiger partial charge in [0, 0.05) is 38.2 Å². The van der Waals surface area contributed by atoms with Crippen molar-refractivity contribution in [2.24, 2.45) is 9.98 Å². The van der Waals surface area contributed by atoms with Gasteiger partial charge < -0.3 is 9.88 Å². The van der Waals surface area contributed by atoms with Crippen molar-refractivity contribution in [2.45, 2.75) is 6.17 Å². The minimum absolute atomic E-state index is 0.296. The first kappa shape index (κ1) is 26.7. The summed E-state index contributed by atoms with van der Waals surface area (Å²) in [6, 6.07) is 57.8. The molecule has 9 aromatic rings.